The molecule has 45 heavy (non-hydrogen) atoms. The summed E-state index contributed by atoms with van der Waals surface area (Å²) in [6, 6.07) is 3.86. The molecule has 0 saturated heterocycles. The summed E-state index contributed by atoms with van der Waals surface area (Å²) in [5.41, 5.74) is -2.64. The lowest BCUT2D eigenvalue weighted by molar-refractivity contribution is 0.0129. The molecule has 0 spiro atoms. The molecule has 0 aliphatic carbocycles. The predicted octanol–water partition coefficient (Wildman–Crippen LogP) is 2.75. The molecule has 0 N–H and O–H groups in total. The van der Waals surface area contributed by atoms with Crippen LogP contribution >= 0.6 is 11.6 Å². The SMILES string of the molecule is [2H]c1nc(Cn2c(=O)n(COC(=O)OC(C)C)c(=Nc3cc4cn(C)nc4cc3Cl)n(Cc3cc(F)c(F)cc3F)c2=O)nn1C. The number of rotatable bonds is 8. The molecule has 0 unspecified atom stereocenters. The average molecular weight is 649 g/mol. The van der Waals surface area contributed by atoms with Crippen LogP contribution in [0.15, 0.2) is 51.3 Å². The third-order valence-corrected chi connectivity index (χ3v) is 6.57. The van der Waals surface area contributed by atoms with Crippen molar-refractivity contribution in [2.24, 2.45) is 19.1 Å². The molecule has 5 rings (SSSR count). The van der Waals surface area contributed by atoms with Crippen molar-refractivity contribution in [3.05, 3.63) is 97.2 Å². The van der Waals surface area contributed by atoms with Crippen molar-refractivity contribution < 1.29 is 28.8 Å². The third-order valence-electron chi connectivity index (χ3n) is 6.26. The second kappa shape index (κ2) is 12.4. The molecule has 0 bridgehead atoms. The molecule has 236 valence electrons. The van der Waals surface area contributed by atoms with E-state index in [4.69, 9.17) is 22.4 Å². The summed E-state index contributed by atoms with van der Waals surface area (Å²) in [4.78, 5) is 48.5. The number of benzene rings is 2. The summed E-state index contributed by atoms with van der Waals surface area (Å²) < 4.78 is 65.6. The van der Waals surface area contributed by atoms with Crippen LogP contribution in [0.25, 0.3) is 10.9 Å². The van der Waals surface area contributed by atoms with Gasteiger partial charge in [-0.3, -0.25) is 13.9 Å². The zero-order chi connectivity index (χ0) is 33.4. The Morgan fingerprint density at radius 2 is 1.69 bits per heavy atom. The van der Waals surface area contributed by atoms with Crippen LogP contribution in [0.5, 0.6) is 0 Å². The Morgan fingerprint density at radius 1 is 0.978 bits per heavy atom. The van der Waals surface area contributed by atoms with Gasteiger partial charge in [0.1, 0.15) is 13.5 Å². The molecular weight excluding hydrogens is 623 g/mol. The quantitative estimate of drug-likeness (QED) is 0.185. The Balaban J connectivity index is 1.81. The van der Waals surface area contributed by atoms with Gasteiger partial charge in [0.15, 0.2) is 24.2 Å². The molecule has 5 aromatic rings. The van der Waals surface area contributed by atoms with E-state index < -0.39 is 72.1 Å². The summed E-state index contributed by atoms with van der Waals surface area (Å²) in [5, 5.41) is 8.89. The van der Waals surface area contributed by atoms with Gasteiger partial charge in [0, 0.05) is 37.3 Å². The van der Waals surface area contributed by atoms with Crippen molar-refractivity contribution >= 4 is 34.3 Å². The molecule has 14 nitrogen and oxygen atoms in total. The number of hydrogen-bond donors (Lipinski definition) is 0. The molecule has 0 aliphatic rings. The van der Waals surface area contributed by atoms with E-state index in [1.165, 1.54) is 23.9 Å². The van der Waals surface area contributed by atoms with Crippen LogP contribution < -0.4 is 17.0 Å². The van der Waals surface area contributed by atoms with E-state index in [0.29, 0.717) is 27.6 Å². The minimum atomic E-state index is -1.46. The fraction of sp³-hybridized carbons (Fsp3) is 0.296. The highest BCUT2D eigenvalue weighted by Gasteiger charge is 2.21. The first-order chi connectivity index (χ1) is 21.7. The lowest BCUT2D eigenvalue weighted by atomic mass is 10.2. The highest BCUT2D eigenvalue weighted by molar-refractivity contribution is 6.33. The van der Waals surface area contributed by atoms with Crippen molar-refractivity contribution in [1.29, 1.82) is 0 Å². The predicted molar refractivity (Wildman–Crippen MR) is 152 cm³/mol. The zero-order valence-corrected chi connectivity index (χ0v) is 24.9. The number of aromatic nitrogens is 8. The van der Waals surface area contributed by atoms with Crippen LogP contribution in [0.3, 0.4) is 0 Å². The smallest absolute Gasteiger partial charge is 0.432 e. The summed E-state index contributed by atoms with van der Waals surface area (Å²) in [5.74, 6) is -4.16. The molecule has 18 heteroatoms. The molecule has 0 amide bonds. The number of hydrogen-bond acceptors (Lipinski definition) is 9. The first-order valence-corrected chi connectivity index (χ1v) is 13.5. The van der Waals surface area contributed by atoms with Crippen LogP contribution in [0.2, 0.25) is 5.02 Å². The lowest BCUT2D eigenvalue weighted by Crippen LogP contribution is -2.55. The van der Waals surface area contributed by atoms with Gasteiger partial charge in [0.05, 0.1) is 35.4 Å². The minimum Gasteiger partial charge on any atom is -0.432 e. The van der Waals surface area contributed by atoms with Crippen molar-refractivity contribution in [3.8, 4) is 0 Å². The van der Waals surface area contributed by atoms with Crippen LogP contribution in [0.4, 0.5) is 23.7 Å². The number of carbonyl (C=O) groups excluding carboxylic acids is 1. The van der Waals surface area contributed by atoms with Crippen molar-refractivity contribution in [2.45, 2.75) is 39.8 Å². The van der Waals surface area contributed by atoms with Gasteiger partial charge in [-0.05, 0) is 32.0 Å². The fourth-order valence-corrected chi connectivity index (χ4v) is 4.50. The summed E-state index contributed by atoms with van der Waals surface area (Å²) in [6.45, 7) is 0.911. The number of halogens is 4. The Bertz CT molecular complexity index is 2170. The Kier molecular flexibility index (Phi) is 8.25. The van der Waals surface area contributed by atoms with Crippen LogP contribution in [0.1, 0.15) is 26.6 Å². The third kappa shape index (κ3) is 6.67. The number of nitrogens with zero attached hydrogens (tertiary/aromatic N) is 9. The highest BCUT2D eigenvalue weighted by Crippen LogP contribution is 2.29. The minimum absolute atomic E-state index is 0.0296. The average Bonchev–Trinajstić information content (AvgIpc) is 3.49. The van der Waals surface area contributed by atoms with Crippen LogP contribution in [-0.2, 0) is 43.4 Å². The molecule has 0 radical (unpaired) electrons. The molecule has 0 atom stereocenters. The van der Waals surface area contributed by atoms with Gasteiger partial charge in [-0.15, -0.1) is 0 Å². The highest BCUT2D eigenvalue weighted by atomic mass is 35.5. The van der Waals surface area contributed by atoms with Gasteiger partial charge < -0.3 is 9.47 Å². The maximum absolute atomic E-state index is 14.9. The maximum Gasteiger partial charge on any atom is 0.510 e. The molecule has 0 fully saturated rings. The van der Waals surface area contributed by atoms with Crippen molar-refractivity contribution in [3.63, 3.8) is 0 Å². The van der Waals surface area contributed by atoms with E-state index in [0.717, 1.165) is 13.8 Å². The first-order valence-electron chi connectivity index (χ1n) is 13.7. The standard InChI is InChI=1S/C27H25ClF3N9O5/c1-14(2)45-27(43)44-13-40-24(33-22-6-16-9-36(3)34-21(16)7-17(22)28)38(10-15-5-19(30)20(31)8-18(15)29)25(41)39(26(40)42)11-23-32-12-37(4)35-23/h5-9,12,14H,10-11,13H2,1-4H3/i12D. The Labute approximate surface area is 257 Å². The molecule has 2 aromatic carbocycles. The van der Waals surface area contributed by atoms with Crippen molar-refractivity contribution in [2.75, 3.05) is 0 Å². The van der Waals surface area contributed by atoms with Gasteiger partial charge >= 0.3 is 17.5 Å². The van der Waals surface area contributed by atoms with E-state index in [9.17, 15) is 27.6 Å². The van der Waals surface area contributed by atoms with Gasteiger partial charge in [0.25, 0.3) is 0 Å². The number of aryl methyl sites for hydroxylation is 2. The fourth-order valence-electron chi connectivity index (χ4n) is 4.30. The van der Waals surface area contributed by atoms with Gasteiger partial charge in [-0.25, -0.2) is 46.7 Å². The molecule has 3 aromatic heterocycles. The number of ether oxygens (including phenoxy) is 2. The normalized spacial score (nSPS) is 12.3. The second-order valence-corrected chi connectivity index (χ2v) is 10.4. The van der Waals surface area contributed by atoms with Gasteiger partial charge in [-0.2, -0.15) is 10.2 Å². The molecule has 3 heterocycles. The summed E-state index contributed by atoms with van der Waals surface area (Å²) in [6.07, 6.45) is -0.356. The van der Waals surface area contributed by atoms with Crippen LogP contribution in [0, 0.1) is 17.5 Å². The number of fused-ring (bicyclic) bond motifs is 1. The van der Waals surface area contributed by atoms with E-state index in [2.05, 4.69) is 20.2 Å². The Morgan fingerprint density at radius 3 is 2.38 bits per heavy atom. The molecule has 0 aliphatic heterocycles. The summed E-state index contributed by atoms with van der Waals surface area (Å²) >= 11 is 6.49. The second-order valence-electron chi connectivity index (χ2n) is 10.0. The van der Waals surface area contributed by atoms with Crippen LogP contribution in [-0.4, -0.2) is 50.5 Å². The van der Waals surface area contributed by atoms with Crippen molar-refractivity contribution in [1.82, 2.24) is 38.2 Å². The Hall–Kier alpha value is -5.19. The zero-order valence-electron chi connectivity index (χ0n) is 25.2. The van der Waals surface area contributed by atoms with E-state index in [-0.39, 0.29) is 22.8 Å². The summed E-state index contributed by atoms with van der Waals surface area (Å²) in [7, 11) is 3.10. The monoisotopic (exact) mass is 648 g/mol. The van der Waals surface area contributed by atoms with E-state index >= 15 is 0 Å². The molecular formula is C27H25ClF3N9O5. The van der Waals surface area contributed by atoms with Gasteiger partial charge in [-0.1, -0.05) is 11.6 Å². The molecule has 0 saturated carbocycles. The number of carbonyl (C=O) groups is 1. The lowest BCUT2D eigenvalue weighted by Gasteiger charge is -2.17. The largest absolute Gasteiger partial charge is 0.510 e. The topological polar surface area (TPSA) is 145 Å². The maximum atomic E-state index is 14.9. The van der Waals surface area contributed by atoms with Gasteiger partial charge in [0.2, 0.25) is 5.62 Å². The first kappa shape index (κ1) is 29.9. The van der Waals surface area contributed by atoms with E-state index in [1.807, 2.05) is 0 Å². The van der Waals surface area contributed by atoms with E-state index in [1.54, 1.807) is 27.1 Å².